The molecule has 0 atom stereocenters. The highest BCUT2D eigenvalue weighted by molar-refractivity contribution is 5.94. The largest absolute Gasteiger partial charge is 0.382 e. The van der Waals surface area contributed by atoms with Crippen molar-refractivity contribution in [2.75, 3.05) is 11.1 Å². The van der Waals surface area contributed by atoms with Crippen LogP contribution in [0.3, 0.4) is 0 Å². The van der Waals surface area contributed by atoms with E-state index in [4.69, 9.17) is 5.73 Å². The molecule has 0 saturated carbocycles. The number of hydrogen-bond donors (Lipinski definition) is 3. The Bertz CT molecular complexity index is 1420. The van der Waals surface area contributed by atoms with Gasteiger partial charge >= 0.3 is 0 Å². The van der Waals surface area contributed by atoms with E-state index in [0.717, 1.165) is 39.0 Å². The van der Waals surface area contributed by atoms with Gasteiger partial charge in [0.1, 0.15) is 5.69 Å². The van der Waals surface area contributed by atoms with Gasteiger partial charge in [-0.2, -0.15) is 5.10 Å². The van der Waals surface area contributed by atoms with E-state index in [-0.39, 0.29) is 5.91 Å². The van der Waals surface area contributed by atoms with Crippen LogP contribution < -0.4 is 11.1 Å². The summed E-state index contributed by atoms with van der Waals surface area (Å²) >= 11 is 0. The zero-order chi connectivity index (χ0) is 22.1. The number of nitrogens with one attached hydrogen (secondary N) is 2. The average molecular weight is 423 g/mol. The number of aromatic nitrogens is 5. The summed E-state index contributed by atoms with van der Waals surface area (Å²) in [6, 6.07) is 23.6. The summed E-state index contributed by atoms with van der Waals surface area (Å²) in [6.45, 7) is 2.05. The van der Waals surface area contributed by atoms with E-state index >= 15 is 0 Å². The van der Waals surface area contributed by atoms with Crippen molar-refractivity contribution >= 4 is 28.3 Å². The molecule has 8 heteroatoms. The van der Waals surface area contributed by atoms with Gasteiger partial charge in [0.05, 0.1) is 17.8 Å². The maximum absolute atomic E-state index is 11.6. The average Bonchev–Trinajstić information content (AvgIpc) is 3.37. The first-order valence-electron chi connectivity index (χ1n) is 10.2. The minimum Gasteiger partial charge on any atom is -0.382 e. The van der Waals surface area contributed by atoms with Crippen LogP contribution in [0.1, 0.15) is 12.5 Å². The summed E-state index contributed by atoms with van der Waals surface area (Å²) in [5, 5.41) is 19.7. The Labute approximate surface area is 184 Å². The van der Waals surface area contributed by atoms with Gasteiger partial charge in [0.15, 0.2) is 5.82 Å². The molecule has 158 valence electrons. The van der Waals surface area contributed by atoms with Gasteiger partial charge in [-0.25, -0.2) is 4.68 Å². The van der Waals surface area contributed by atoms with Crippen LogP contribution in [0.2, 0.25) is 0 Å². The molecule has 0 unspecified atom stereocenters. The van der Waals surface area contributed by atoms with Gasteiger partial charge in [-0.15, -0.1) is 5.10 Å². The van der Waals surface area contributed by atoms with E-state index in [1.807, 2.05) is 65.3 Å². The van der Waals surface area contributed by atoms with E-state index in [1.165, 1.54) is 6.92 Å². The van der Waals surface area contributed by atoms with Crippen LogP contribution in [0.4, 0.5) is 11.5 Å². The van der Waals surface area contributed by atoms with Gasteiger partial charge in [-0.3, -0.25) is 9.89 Å². The predicted octanol–water partition coefficient (Wildman–Crippen LogP) is 4.08. The molecule has 0 aliphatic heterocycles. The molecule has 0 aliphatic rings. The third-order valence-electron chi connectivity index (χ3n) is 5.23. The summed E-state index contributed by atoms with van der Waals surface area (Å²) in [6.07, 6.45) is 0. The number of H-pyrrole nitrogens is 1. The Balaban J connectivity index is 1.67. The molecule has 4 N–H and O–H groups in total. The number of nitrogens with zero attached hydrogens (tertiary/aromatic N) is 4. The van der Waals surface area contributed by atoms with Gasteiger partial charge < -0.3 is 11.1 Å². The molecular weight excluding hydrogens is 402 g/mol. The molecule has 0 aliphatic carbocycles. The number of anilines is 2. The third kappa shape index (κ3) is 3.69. The van der Waals surface area contributed by atoms with Crippen molar-refractivity contribution < 1.29 is 4.79 Å². The highest BCUT2D eigenvalue weighted by Crippen LogP contribution is 2.34. The van der Waals surface area contributed by atoms with E-state index in [0.29, 0.717) is 18.1 Å². The number of aromatic amines is 1. The molecule has 0 spiro atoms. The zero-order valence-electron chi connectivity index (χ0n) is 17.4. The molecule has 0 bridgehead atoms. The second kappa shape index (κ2) is 7.99. The van der Waals surface area contributed by atoms with Crippen LogP contribution >= 0.6 is 0 Å². The molecule has 5 rings (SSSR count). The molecule has 0 saturated heterocycles. The molecule has 2 heterocycles. The number of rotatable bonds is 5. The summed E-state index contributed by atoms with van der Waals surface area (Å²) in [5.74, 6) is 0.312. The Hall–Kier alpha value is -4.46. The van der Waals surface area contributed by atoms with Crippen molar-refractivity contribution in [3.63, 3.8) is 0 Å². The molecule has 8 nitrogen and oxygen atoms in total. The molecule has 1 amide bonds. The number of nitrogen functional groups attached to an aromatic ring is 1. The van der Waals surface area contributed by atoms with Crippen molar-refractivity contribution in [3.05, 3.63) is 78.4 Å². The zero-order valence-corrected chi connectivity index (χ0v) is 17.4. The van der Waals surface area contributed by atoms with E-state index in [9.17, 15) is 4.79 Å². The summed E-state index contributed by atoms with van der Waals surface area (Å²) in [4.78, 5) is 11.6. The van der Waals surface area contributed by atoms with Crippen molar-refractivity contribution in [3.8, 4) is 22.5 Å². The first kappa shape index (κ1) is 19.5. The van der Waals surface area contributed by atoms with Crippen LogP contribution in [0.5, 0.6) is 0 Å². The number of amides is 1. The molecule has 0 fully saturated rings. The van der Waals surface area contributed by atoms with Crippen molar-refractivity contribution in [2.45, 2.75) is 13.5 Å². The van der Waals surface area contributed by atoms with Crippen molar-refractivity contribution in [2.24, 2.45) is 0 Å². The summed E-state index contributed by atoms with van der Waals surface area (Å²) in [5.41, 5.74) is 12.1. The van der Waals surface area contributed by atoms with Crippen LogP contribution in [-0.2, 0) is 11.3 Å². The Morgan fingerprint density at radius 3 is 2.69 bits per heavy atom. The van der Waals surface area contributed by atoms with Crippen molar-refractivity contribution in [1.82, 2.24) is 25.2 Å². The van der Waals surface area contributed by atoms with Crippen LogP contribution in [0, 0.1) is 0 Å². The second-order valence-electron chi connectivity index (χ2n) is 7.56. The van der Waals surface area contributed by atoms with Gasteiger partial charge in [-0.05, 0) is 29.8 Å². The topological polar surface area (TPSA) is 115 Å². The molecule has 0 radical (unpaired) electrons. The SMILES string of the molecule is CC(=O)Nc1cccc(-c2c(-c3ccc4[nH]nc(N)c4c3)nnn2Cc2ccccc2)c1. The summed E-state index contributed by atoms with van der Waals surface area (Å²) < 4.78 is 1.88. The van der Waals surface area contributed by atoms with Crippen LogP contribution in [0.15, 0.2) is 72.8 Å². The number of nitrogens with two attached hydrogens (primary N) is 1. The fourth-order valence-corrected chi connectivity index (χ4v) is 3.79. The molecule has 32 heavy (non-hydrogen) atoms. The highest BCUT2D eigenvalue weighted by atomic mass is 16.1. The lowest BCUT2D eigenvalue weighted by Crippen LogP contribution is -2.07. The minimum absolute atomic E-state index is 0.126. The molecule has 5 aromatic rings. The number of benzene rings is 3. The first-order valence-corrected chi connectivity index (χ1v) is 10.2. The van der Waals surface area contributed by atoms with Crippen LogP contribution in [-0.4, -0.2) is 31.1 Å². The minimum atomic E-state index is -0.126. The first-order chi connectivity index (χ1) is 15.6. The second-order valence-corrected chi connectivity index (χ2v) is 7.56. The smallest absolute Gasteiger partial charge is 0.221 e. The maximum Gasteiger partial charge on any atom is 0.221 e. The number of hydrogen-bond acceptors (Lipinski definition) is 5. The van der Waals surface area contributed by atoms with Gasteiger partial charge in [0.2, 0.25) is 5.91 Å². The molecular formula is C24H21N7O. The van der Waals surface area contributed by atoms with E-state index < -0.39 is 0 Å². The number of carbonyl (C=O) groups is 1. The molecule has 3 aromatic carbocycles. The Morgan fingerprint density at radius 2 is 1.88 bits per heavy atom. The van der Waals surface area contributed by atoms with E-state index in [1.54, 1.807) is 0 Å². The quantitative estimate of drug-likeness (QED) is 0.394. The Morgan fingerprint density at radius 1 is 1.03 bits per heavy atom. The van der Waals surface area contributed by atoms with Crippen LogP contribution in [0.25, 0.3) is 33.4 Å². The maximum atomic E-state index is 11.6. The lowest BCUT2D eigenvalue weighted by Gasteiger charge is -2.11. The molecule has 2 aromatic heterocycles. The fourth-order valence-electron chi connectivity index (χ4n) is 3.79. The number of fused-ring (bicyclic) bond motifs is 1. The lowest BCUT2D eigenvalue weighted by molar-refractivity contribution is -0.114. The van der Waals surface area contributed by atoms with E-state index in [2.05, 4.69) is 38.0 Å². The fraction of sp³-hybridized carbons (Fsp3) is 0.0833. The lowest BCUT2D eigenvalue weighted by atomic mass is 10.0. The van der Waals surface area contributed by atoms with Crippen molar-refractivity contribution in [1.29, 1.82) is 0 Å². The van der Waals surface area contributed by atoms with Gasteiger partial charge in [0, 0.05) is 29.1 Å². The monoisotopic (exact) mass is 423 g/mol. The Kier molecular flexibility index (Phi) is 4.87. The third-order valence-corrected chi connectivity index (χ3v) is 5.23. The van der Waals surface area contributed by atoms with Gasteiger partial charge in [0.25, 0.3) is 0 Å². The normalized spacial score (nSPS) is 11.0. The standard InChI is InChI=1S/C24H21N7O/c1-15(32)26-19-9-5-8-18(12-19)23-22(17-10-11-21-20(13-17)24(25)29-27-21)28-30-31(23)14-16-6-3-2-4-7-16/h2-13H,14H2,1H3,(H,26,32)(H3,25,27,29). The predicted molar refractivity (Wildman–Crippen MR) is 125 cm³/mol. The highest BCUT2D eigenvalue weighted by Gasteiger charge is 2.18. The number of carbonyl (C=O) groups excluding carboxylic acids is 1. The van der Waals surface area contributed by atoms with Gasteiger partial charge in [-0.1, -0.05) is 53.7 Å². The summed E-state index contributed by atoms with van der Waals surface area (Å²) in [7, 11) is 0.